The van der Waals surface area contributed by atoms with Gasteiger partial charge in [-0.3, -0.25) is 14.9 Å². The van der Waals surface area contributed by atoms with Gasteiger partial charge in [0, 0.05) is 17.7 Å². The predicted octanol–water partition coefficient (Wildman–Crippen LogP) is 1.27. The standard InChI is InChI=1S/C11H13FN2O6S/c1-11(2,6-10(15)16)13-21(19,20)7-3-4-9(14(17)18)8(12)5-7/h3-5,13H,6H2,1-2H3,(H,15,16). The molecule has 0 saturated carbocycles. The van der Waals surface area contributed by atoms with E-state index in [2.05, 4.69) is 4.72 Å². The van der Waals surface area contributed by atoms with Gasteiger partial charge in [-0.15, -0.1) is 0 Å². The Morgan fingerprint density at radius 2 is 2.05 bits per heavy atom. The van der Waals surface area contributed by atoms with Crippen LogP contribution in [0.1, 0.15) is 20.3 Å². The van der Waals surface area contributed by atoms with Crippen molar-refractivity contribution in [2.75, 3.05) is 0 Å². The van der Waals surface area contributed by atoms with Gasteiger partial charge >= 0.3 is 11.7 Å². The van der Waals surface area contributed by atoms with Gasteiger partial charge in [0.15, 0.2) is 0 Å². The summed E-state index contributed by atoms with van der Waals surface area (Å²) in [6.07, 6.45) is -0.484. The monoisotopic (exact) mass is 320 g/mol. The van der Waals surface area contributed by atoms with Crippen LogP contribution in [0.15, 0.2) is 23.1 Å². The zero-order chi connectivity index (χ0) is 16.4. The van der Waals surface area contributed by atoms with Gasteiger partial charge in [-0.1, -0.05) is 0 Å². The molecule has 2 N–H and O–H groups in total. The molecular formula is C11H13FN2O6S. The molecular weight excluding hydrogens is 307 g/mol. The molecule has 21 heavy (non-hydrogen) atoms. The first-order valence-electron chi connectivity index (χ1n) is 5.64. The van der Waals surface area contributed by atoms with Gasteiger partial charge in [-0.05, 0) is 19.9 Å². The second kappa shape index (κ2) is 5.74. The Bertz CT molecular complexity index is 686. The summed E-state index contributed by atoms with van der Waals surface area (Å²) in [4.78, 5) is 19.6. The number of carbonyl (C=O) groups is 1. The molecule has 8 nitrogen and oxygen atoms in total. The summed E-state index contributed by atoms with van der Waals surface area (Å²) in [6.45, 7) is 2.70. The summed E-state index contributed by atoms with van der Waals surface area (Å²) in [5.74, 6) is -2.50. The summed E-state index contributed by atoms with van der Waals surface area (Å²) in [7, 11) is -4.20. The number of hydrogen-bond acceptors (Lipinski definition) is 5. The highest BCUT2D eigenvalue weighted by molar-refractivity contribution is 7.89. The minimum atomic E-state index is -4.20. The molecule has 1 rings (SSSR count). The van der Waals surface area contributed by atoms with Crippen molar-refractivity contribution in [1.29, 1.82) is 0 Å². The number of nitro groups is 1. The van der Waals surface area contributed by atoms with Gasteiger partial charge in [-0.25, -0.2) is 13.1 Å². The molecule has 0 radical (unpaired) electrons. The zero-order valence-electron chi connectivity index (χ0n) is 11.2. The van der Waals surface area contributed by atoms with E-state index in [0.29, 0.717) is 6.07 Å². The lowest BCUT2D eigenvalue weighted by molar-refractivity contribution is -0.387. The van der Waals surface area contributed by atoms with Gasteiger partial charge in [0.25, 0.3) is 0 Å². The molecule has 0 aliphatic heterocycles. The molecule has 0 unspecified atom stereocenters. The van der Waals surface area contributed by atoms with Crippen LogP contribution in [0.3, 0.4) is 0 Å². The summed E-state index contributed by atoms with van der Waals surface area (Å²) in [5.41, 5.74) is -2.15. The molecule has 0 spiro atoms. The van der Waals surface area contributed by atoms with E-state index in [4.69, 9.17) is 5.11 Å². The molecule has 0 aliphatic carbocycles. The van der Waals surface area contributed by atoms with E-state index in [9.17, 15) is 27.7 Å². The molecule has 0 atom stereocenters. The first kappa shape index (κ1) is 17.0. The number of rotatable bonds is 6. The van der Waals surface area contributed by atoms with Crippen LogP contribution in [0.4, 0.5) is 10.1 Å². The highest BCUT2D eigenvalue weighted by Crippen LogP contribution is 2.22. The summed E-state index contributed by atoms with van der Waals surface area (Å²) in [6, 6.07) is 2.12. The number of aliphatic carboxylic acids is 1. The second-order valence-corrected chi connectivity index (χ2v) is 6.61. The second-order valence-electron chi connectivity index (χ2n) is 4.93. The third-order valence-corrected chi connectivity index (χ3v) is 4.13. The van der Waals surface area contributed by atoms with E-state index in [1.807, 2.05) is 0 Å². The van der Waals surface area contributed by atoms with Gasteiger partial charge in [-0.2, -0.15) is 4.39 Å². The van der Waals surface area contributed by atoms with Crippen molar-refractivity contribution >= 4 is 21.7 Å². The summed E-state index contributed by atoms with van der Waals surface area (Å²) >= 11 is 0. The largest absolute Gasteiger partial charge is 0.481 e. The molecule has 0 aromatic heterocycles. The van der Waals surface area contributed by atoms with Crippen LogP contribution in [-0.2, 0) is 14.8 Å². The van der Waals surface area contributed by atoms with E-state index in [0.717, 1.165) is 12.1 Å². The molecule has 0 aliphatic rings. The van der Waals surface area contributed by atoms with Crippen molar-refractivity contribution in [1.82, 2.24) is 4.72 Å². The van der Waals surface area contributed by atoms with Crippen molar-refractivity contribution in [3.05, 3.63) is 34.1 Å². The van der Waals surface area contributed by atoms with E-state index in [1.165, 1.54) is 13.8 Å². The van der Waals surface area contributed by atoms with Crippen molar-refractivity contribution in [3.63, 3.8) is 0 Å². The SMILES string of the molecule is CC(C)(CC(=O)O)NS(=O)(=O)c1ccc([N+](=O)[O-])c(F)c1. The van der Waals surface area contributed by atoms with Crippen LogP contribution in [0.2, 0.25) is 0 Å². The number of benzene rings is 1. The quantitative estimate of drug-likeness (QED) is 0.600. The smallest absolute Gasteiger partial charge is 0.305 e. The van der Waals surface area contributed by atoms with Crippen LogP contribution in [0, 0.1) is 15.9 Å². The summed E-state index contributed by atoms with van der Waals surface area (Å²) < 4.78 is 39.6. The third kappa shape index (κ3) is 4.46. The van der Waals surface area contributed by atoms with Crippen molar-refractivity contribution in [2.24, 2.45) is 0 Å². The number of carboxylic acid groups (broad SMARTS) is 1. The van der Waals surface area contributed by atoms with Gasteiger partial charge in [0.1, 0.15) is 0 Å². The molecule has 116 valence electrons. The molecule has 10 heteroatoms. The van der Waals surface area contributed by atoms with E-state index >= 15 is 0 Å². The Labute approximate surface area is 119 Å². The number of sulfonamides is 1. The third-order valence-electron chi connectivity index (χ3n) is 2.43. The van der Waals surface area contributed by atoms with Crippen LogP contribution < -0.4 is 4.72 Å². The Morgan fingerprint density at radius 1 is 1.48 bits per heavy atom. The van der Waals surface area contributed by atoms with E-state index in [1.54, 1.807) is 0 Å². The highest BCUT2D eigenvalue weighted by atomic mass is 32.2. The number of halogens is 1. The lowest BCUT2D eigenvalue weighted by Gasteiger charge is -2.23. The maximum absolute atomic E-state index is 13.4. The van der Waals surface area contributed by atoms with Gasteiger partial charge < -0.3 is 5.11 Å². The molecule has 1 aromatic rings. The Hall–Kier alpha value is -2.07. The molecule has 0 heterocycles. The minimum Gasteiger partial charge on any atom is -0.481 e. The molecule has 1 aromatic carbocycles. The number of nitrogens with zero attached hydrogens (tertiary/aromatic N) is 1. The van der Waals surface area contributed by atoms with Crippen molar-refractivity contribution in [3.8, 4) is 0 Å². The lowest BCUT2D eigenvalue weighted by atomic mass is 10.0. The van der Waals surface area contributed by atoms with Crippen LogP contribution >= 0.6 is 0 Å². The average molecular weight is 320 g/mol. The molecule has 0 bridgehead atoms. The van der Waals surface area contributed by atoms with E-state index < -0.39 is 49.3 Å². The topological polar surface area (TPSA) is 127 Å². The van der Waals surface area contributed by atoms with Crippen molar-refractivity contribution in [2.45, 2.75) is 30.7 Å². The normalized spacial score (nSPS) is 12.1. The predicted molar refractivity (Wildman–Crippen MR) is 69.7 cm³/mol. The minimum absolute atomic E-state index is 0.484. The van der Waals surface area contributed by atoms with Gasteiger partial charge in [0.05, 0.1) is 16.2 Å². The fraction of sp³-hybridized carbons (Fsp3) is 0.364. The van der Waals surface area contributed by atoms with Crippen LogP contribution in [0.25, 0.3) is 0 Å². The average Bonchev–Trinajstić information content (AvgIpc) is 2.24. The maximum Gasteiger partial charge on any atom is 0.305 e. The maximum atomic E-state index is 13.4. The van der Waals surface area contributed by atoms with Crippen molar-refractivity contribution < 1.29 is 27.6 Å². The van der Waals surface area contributed by atoms with Gasteiger partial charge in [0.2, 0.25) is 15.8 Å². The summed E-state index contributed by atoms with van der Waals surface area (Å²) in [5, 5.41) is 19.2. The first-order valence-corrected chi connectivity index (χ1v) is 7.13. The fourth-order valence-electron chi connectivity index (χ4n) is 1.64. The Kier molecular flexibility index (Phi) is 4.64. The number of hydrogen-bond donors (Lipinski definition) is 2. The first-order chi connectivity index (χ1) is 9.44. The Morgan fingerprint density at radius 3 is 2.48 bits per heavy atom. The molecule has 0 saturated heterocycles. The zero-order valence-corrected chi connectivity index (χ0v) is 12.0. The number of carboxylic acids is 1. The Balaban J connectivity index is 3.12. The van der Waals surface area contributed by atoms with Crippen LogP contribution in [0.5, 0.6) is 0 Å². The van der Waals surface area contributed by atoms with E-state index in [-0.39, 0.29) is 0 Å². The number of nitro benzene ring substituents is 1. The lowest BCUT2D eigenvalue weighted by Crippen LogP contribution is -2.44. The molecule has 0 fully saturated rings. The molecule has 0 amide bonds. The number of nitrogens with one attached hydrogen (secondary N) is 1. The fourth-order valence-corrected chi connectivity index (χ4v) is 3.06. The van der Waals surface area contributed by atoms with Crippen LogP contribution in [-0.4, -0.2) is 30.0 Å². The highest BCUT2D eigenvalue weighted by Gasteiger charge is 2.29.